The molecule has 0 spiro atoms. The zero-order valence-corrected chi connectivity index (χ0v) is 16.2. The van der Waals surface area contributed by atoms with Crippen molar-refractivity contribution in [2.45, 2.75) is 20.8 Å². The van der Waals surface area contributed by atoms with E-state index in [2.05, 4.69) is 15.7 Å². The quantitative estimate of drug-likeness (QED) is 0.709. The van der Waals surface area contributed by atoms with Gasteiger partial charge in [-0.15, -0.1) is 0 Å². The van der Waals surface area contributed by atoms with E-state index in [9.17, 15) is 9.59 Å². The fraction of sp³-hybridized carbons (Fsp3) is 0.190. The second-order valence-corrected chi connectivity index (χ2v) is 6.34. The molecule has 0 unspecified atom stereocenters. The zero-order valence-electron chi connectivity index (χ0n) is 16.2. The van der Waals surface area contributed by atoms with E-state index in [4.69, 9.17) is 4.74 Å². The molecule has 0 saturated heterocycles. The Balaban J connectivity index is 1.90. The van der Waals surface area contributed by atoms with Crippen LogP contribution >= 0.6 is 0 Å². The molecule has 7 nitrogen and oxygen atoms in total. The van der Waals surface area contributed by atoms with Crippen molar-refractivity contribution in [3.63, 3.8) is 0 Å². The number of para-hydroxylation sites is 1. The van der Waals surface area contributed by atoms with E-state index in [-0.39, 0.29) is 11.8 Å². The smallest absolute Gasteiger partial charge is 0.259 e. The number of methoxy groups -OCH3 is 1. The van der Waals surface area contributed by atoms with Gasteiger partial charge in [-0.3, -0.25) is 9.59 Å². The van der Waals surface area contributed by atoms with Gasteiger partial charge < -0.3 is 15.4 Å². The van der Waals surface area contributed by atoms with Gasteiger partial charge in [-0.1, -0.05) is 18.2 Å². The molecule has 0 radical (unpaired) electrons. The Kier molecular flexibility index (Phi) is 5.44. The molecule has 144 valence electrons. The number of hydrogen-bond donors (Lipinski definition) is 2. The molecule has 3 rings (SSSR count). The van der Waals surface area contributed by atoms with Crippen molar-refractivity contribution in [3.8, 4) is 11.4 Å². The van der Waals surface area contributed by atoms with Crippen molar-refractivity contribution in [1.29, 1.82) is 0 Å². The summed E-state index contributed by atoms with van der Waals surface area (Å²) < 4.78 is 6.99. The van der Waals surface area contributed by atoms with E-state index in [1.54, 1.807) is 29.8 Å². The van der Waals surface area contributed by atoms with Crippen molar-refractivity contribution in [1.82, 2.24) is 9.78 Å². The van der Waals surface area contributed by atoms with Gasteiger partial charge in [0.15, 0.2) is 0 Å². The number of hydrogen-bond acceptors (Lipinski definition) is 4. The van der Waals surface area contributed by atoms with Gasteiger partial charge in [0, 0.05) is 12.6 Å². The molecule has 2 aromatic carbocycles. The minimum atomic E-state index is -0.267. The first-order valence-corrected chi connectivity index (χ1v) is 8.79. The normalized spacial score (nSPS) is 10.4. The predicted octanol–water partition coefficient (Wildman–Crippen LogP) is 3.71. The summed E-state index contributed by atoms with van der Waals surface area (Å²) in [5, 5.41) is 10.1. The SMILES string of the molecule is COc1ccc(NC(=O)c2c(C)nn(-c3ccccc3)c2C)cc1NC(C)=O. The molecule has 0 atom stereocenters. The standard InChI is InChI=1S/C21H22N4O3/c1-13-20(14(2)25(24-13)17-8-6-5-7-9-17)21(27)23-16-10-11-19(28-4)18(12-16)22-15(3)26/h5-12H,1-4H3,(H,22,26)(H,23,27). The van der Waals surface area contributed by atoms with Gasteiger partial charge in [0.05, 0.1) is 35.4 Å². The lowest BCUT2D eigenvalue weighted by molar-refractivity contribution is -0.114. The highest BCUT2D eigenvalue weighted by Gasteiger charge is 2.20. The molecule has 0 aliphatic heterocycles. The average Bonchev–Trinajstić information content (AvgIpc) is 2.96. The van der Waals surface area contributed by atoms with Crippen molar-refractivity contribution in [2.24, 2.45) is 0 Å². The summed E-state index contributed by atoms with van der Waals surface area (Å²) in [5.41, 5.74) is 3.81. The Bertz CT molecular complexity index is 1030. The number of amides is 2. The van der Waals surface area contributed by atoms with Crippen molar-refractivity contribution < 1.29 is 14.3 Å². The molecular weight excluding hydrogens is 356 g/mol. The van der Waals surface area contributed by atoms with E-state index in [0.29, 0.717) is 28.4 Å². The zero-order chi connectivity index (χ0) is 20.3. The van der Waals surface area contributed by atoms with E-state index in [0.717, 1.165) is 11.4 Å². The van der Waals surface area contributed by atoms with Gasteiger partial charge in [0.25, 0.3) is 5.91 Å². The molecule has 0 fully saturated rings. The monoisotopic (exact) mass is 378 g/mol. The largest absolute Gasteiger partial charge is 0.495 e. The third kappa shape index (κ3) is 3.88. The second kappa shape index (κ2) is 7.96. The Labute approximate surface area is 163 Å². The predicted molar refractivity (Wildman–Crippen MR) is 108 cm³/mol. The van der Waals surface area contributed by atoms with Crippen LogP contribution in [0.4, 0.5) is 11.4 Å². The third-order valence-corrected chi connectivity index (χ3v) is 4.29. The maximum absolute atomic E-state index is 12.9. The maximum Gasteiger partial charge on any atom is 0.259 e. The number of carbonyl (C=O) groups excluding carboxylic acids is 2. The summed E-state index contributed by atoms with van der Waals surface area (Å²) in [7, 11) is 1.52. The average molecular weight is 378 g/mol. The Hall–Kier alpha value is -3.61. The van der Waals surface area contributed by atoms with Gasteiger partial charge in [0.1, 0.15) is 5.75 Å². The number of nitrogens with one attached hydrogen (secondary N) is 2. The first kappa shape index (κ1) is 19.2. The lowest BCUT2D eigenvalue weighted by Crippen LogP contribution is -2.15. The number of carbonyl (C=O) groups is 2. The van der Waals surface area contributed by atoms with Gasteiger partial charge in [0.2, 0.25) is 5.91 Å². The third-order valence-electron chi connectivity index (χ3n) is 4.29. The maximum atomic E-state index is 12.9. The van der Waals surface area contributed by atoms with Crippen LogP contribution in [0, 0.1) is 13.8 Å². The number of ether oxygens (including phenoxy) is 1. The molecular formula is C21H22N4O3. The van der Waals surface area contributed by atoms with Crippen LogP contribution in [0.1, 0.15) is 28.7 Å². The lowest BCUT2D eigenvalue weighted by atomic mass is 10.1. The molecule has 1 aromatic heterocycles. The van der Waals surface area contributed by atoms with Crippen LogP contribution in [-0.2, 0) is 4.79 Å². The number of aryl methyl sites for hydroxylation is 1. The highest BCUT2D eigenvalue weighted by Crippen LogP contribution is 2.28. The van der Waals surface area contributed by atoms with E-state index in [1.165, 1.54) is 14.0 Å². The van der Waals surface area contributed by atoms with Crippen LogP contribution in [0.2, 0.25) is 0 Å². The Morgan fingerprint density at radius 3 is 2.39 bits per heavy atom. The first-order valence-electron chi connectivity index (χ1n) is 8.79. The number of rotatable bonds is 5. The van der Waals surface area contributed by atoms with Crippen molar-refractivity contribution in [2.75, 3.05) is 17.7 Å². The highest BCUT2D eigenvalue weighted by atomic mass is 16.5. The second-order valence-electron chi connectivity index (χ2n) is 6.34. The molecule has 0 aliphatic rings. The van der Waals surface area contributed by atoms with Gasteiger partial charge in [-0.2, -0.15) is 5.10 Å². The highest BCUT2D eigenvalue weighted by molar-refractivity contribution is 6.06. The van der Waals surface area contributed by atoms with Crippen molar-refractivity contribution in [3.05, 3.63) is 65.5 Å². The van der Waals surface area contributed by atoms with Crippen LogP contribution in [0.15, 0.2) is 48.5 Å². The Morgan fingerprint density at radius 2 is 1.75 bits per heavy atom. The van der Waals surface area contributed by atoms with Crippen LogP contribution in [0.5, 0.6) is 5.75 Å². The minimum Gasteiger partial charge on any atom is -0.495 e. The summed E-state index contributed by atoms with van der Waals surface area (Å²) >= 11 is 0. The molecule has 0 saturated carbocycles. The summed E-state index contributed by atoms with van der Waals surface area (Å²) in [6, 6.07) is 14.7. The fourth-order valence-electron chi connectivity index (χ4n) is 3.06. The van der Waals surface area contributed by atoms with Gasteiger partial charge >= 0.3 is 0 Å². The molecule has 7 heteroatoms. The Morgan fingerprint density at radius 1 is 1.04 bits per heavy atom. The topological polar surface area (TPSA) is 85.2 Å². The summed E-state index contributed by atoms with van der Waals surface area (Å²) in [6.45, 7) is 5.08. The molecule has 2 amide bonds. The number of nitrogens with zero attached hydrogens (tertiary/aromatic N) is 2. The van der Waals surface area contributed by atoms with Gasteiger partial charge in [-0.05, 0) is 44.2 Å². The molecule has 0 bridgehead atoms. The molecule has 2 N–H and O–H groups in total. The lowest BCUT2D eigenvalue weighted by Gasteiger charge is -2.12. The number of benzene rings is 2. The first-order chi connectivity index (χ1) is 13.4. The van der Waals surface area contributed by atoms with Crippen LogP contribution < -0.4 is 15.4 Å². The van der Waals surface area contributed by atoms with Crippen LogP contribution in [-0.4, -0.2) is 28.7 Å². The molecule has 1 heterocycles. The fourth-order valence-corrected chi connectivity index (χ4v) is 3.06. The molecule has 3 aromatic rings. The summed E-state index contributed by atoms with van der Waals surface area (Å²) in [4.78, 5) is 24.3. The summed E-state index contributed by atoms with van der Waals surface area (Å²) in [5.74, 6) is 0.0196. The van der Waals surface area contributed by atoms with E-state index < -0.39 is 0 Å². The van der Waals surface area contributed by atoms with Crippen molar-refractivity contribution >= 4 is 23.2 Å². The van der Waals surface area contributed by atoms with Crippen LogP contribution in [0.25, 0.3) is 5.69 Å². The molecule has 0 aliphatic carbocycles. The molecule has 28 heavy (non-hydrogen) atoms. The minimum absolute atomic E-state index is 0.224. The summed E-state index contributed by atoms with van der Waals surface area (Å²) in [6.07, 6.45) is 0. The van der Waals surface area contributed by atoms with Gasteiger partial charge in [-0.25, -0.2) is 4.68 Å². The number of aromatic nitrogens is 2. The number of anilines is 2. The van der Waals surface area contributed by atoms with E-state index >= 15 is 0 Å². The van der Waals surface area contributed by atoms with E-state index in [1.807, 2.05) is 37.3 Å². The van der Waals surface area contributed by atoms with Crippen LogP contribution in [0.3, 0.4) is 0 Å².